The first-order valence-electron chi connectivity index (χ1n) is 9.34. The molecule has 30 heavy (non-hydrogen) atoms. The van der Waals surface area contributed by atoms with Gasteiger partial charge < -0.3 is 14.5 Å². The Morgan fingerprint density at radius 1 is 1.20 bits per heavy atom. The Bertz CT molecular complexity index is 1170. The molecule has 0 spiro atoms. The standard InChI is InChI=1S/C23H20ClN3O2S/c1-15-11-20(21(29-2)12-19(15)24)26-23(28)16-6-8-18(9-7-16)30-14-17-13-27-10-4-3-5-22(27)25-17/h3-13H,14H2,1-2H3,(H,26,28). The van der Waals surface area contributed by atoms with Crippen LogP contribution in [0.2, 0.25) is 5.02 Å². The van der Waals surface area contributed by atoms with Crippen LogP contribution in [0.15, 0.2) is 71.9 Å². The third-order valence-corrected chi connectivity index (χ3v) is 6.10. The van der Waals surface area contributed by atoms with E-state index >= 15 is 0 Å². The van der Waals surface area contributed by atoms with Crippen LogP contribution in [-0.4, -0.2) is 22.4 Å². The Kier molecular flexibility index (Phi) is 5.97. The number of thioether (sulfide) groups is 1. The number of hydrogen-bond donors (Lipinski definition) is 1. The molecule has 2 aromatic carbocycles. The third-order valence-electron chi connectivity index (χ3n) is 4.65. The summed E-state index contributed by atoms with van der Waals surface area (Å²) in [4.78, 5) is 18.3. The van der Waals surface area contributed by atoms with Gasteiger partial charge in [-0.25, -0.2) is 4.98 Å². The molecule has 0 saturated heterocycles. The molecule has 7 heteroatoms. The van der Waals surface area contributed by atoms with Gasteiger partial charge in [-0.1, -0.05) is 17.7 Å². The summed E-state index contributed by atoms with van der Waals surface area (Å²) in [6, 6.07) is 17.0. The molecular formula is C23H20ClN3O2S. The van der Waals surface area contributed by atoms with Gasteiger partial charge in [0.2, 0.25) is 0 Å². The summed E-state index contributed by atoms with van der Waals surface area (Å²) >= 11 is 7.81. The number of ether oxygens (including phenoxy) is 1. The number of fused-ring (bicyclic) bond motifs is 1. The number of anilines is 1. The maximum atomic E-state index is 12.6. The lowest BCUT2D eigenvalue weighted by Crippen LogP contribution is -2.12. The Balaban J connectivity index is 1.41. The number of amides is 1. The fourth-order valence-corrected chi connectivity index (χ4v) is 3.98. The Labute approximate surface area is 184 Å². The number of aryl methyl sites for hydroxylation is 1. The highest BCUT2D eigenvalue weighted by molar-refractivity contribution is 7.98. The summed E-state index contributed by atoms with van der Waals surface area (Å²) in [6.07, 6.45) is 4.02. The number of aromatic nitrogens is 2. The van der Waals surface area contributed by atoms with E-state index in [0.29, 0.717) is 22.0 Å². The largest absolute Gasteiger partial charge is 0.495 e. The molecule has 0 radical (unpaired) electrons. The smallest absolute Gasteiger partial charge is 0.255 e. The average molecular weight is 438 g/mol. The molecule has 0 bridgehead atoms. The molecule has 4 aromatic rings. The Hall–Kier alpha value is -2.96. The second kappa shape index (κ2) is 8.81. The number of benzene rings is 2. The van der Waals surface area contributed by atoms with E-state index in [0.717, 1.165) is 27.6 Å². The van der Waals surface area contributed by atoms with E-state index in [9.17, 15) is 4.79 Å². The molecule has 0 aliphatic rings. The number of pyridine rings is 1. The van der Waals surface area contributed by atoms with E-state index < -0.39 is 0 Å². The van der Waals surface area contributed by atoms with Crippen LogP contribution >= 0.6 is 23.4 Å². The highest BCUT2D eigenvalue weighted by Gasteiger charge is 2.12. The topological polar surface area (TPSA) is 55.6 Å². The minimum Gasteiger partial charge on any atom is -0.495 e. The van der Waals surface area contributed by atoms with Crippen LogP contribution in [0.3, 0.4) is 0 Å². The van der Waals surface area contributed by atoms with Crippen molar-refractivity contribution in [3.05, 3.63) is 88.8 Å². The molecule has 152 valence electrons. The maximum Gasteiger partial charge on any atom is 0.255 e. The normalized spacial score (nSPS) is 10.9. The number of rotatable bonds is 6. The van der Waals surface area contributed by atoms with Crippen LogP contribution in [0, 0.1) is 6.92 Å². The molecular weight excluding hydrogens is 418 g/mol. The lowest BCUT2D eigenvalue weighted by molar-refractivity contribution is 0.102. The van der Waals surface area contributed by atoms with E-state index in [1.807, 2.05) is 66.2 Å². The van der Waals surface area contributed by atoms with Crippen LogP contribution in [0.1, 0.15) is 21.6 Å². The van der Waals surface area contributed by atoms with Crippen molar-refractivity contribution in [3.8, 4) is 5.75 Å². The summed E-state index contributed by atoms with van der Waals surface area (Å²) in [7, 11) is 1.55. The van der Waals surface area contributed by atoms with Crippen molar-refractivity contribution in [2.75, 3.05) is 12.4 Å². The Morgan fingerprint density at radius 3 is 2.73 bits per heavy atom. The predicted molar refractivity (Wildman–Crippen MR) is 122 cm³/mol. The molecule has 0 aliphatic heterocycles. The molecule has 2 heterocycles. The fraction of sp³-hybridized carbons (Fsp3) is 0.130. The van der Waals surface area contributed by atoms with E-state index in [1.165, 1.54) is 0 Å². The van der Waals surface area contributed by atoms with Crippen LogP contribution in [0.4, 0.5) is 5.69 Å². The molecule has 0 atom stereocenters. The summed E-state index contributed by atoms with van der Waals surface area (Å²) in [5, 5.41) is 3.49. The summed E-state index contributed by atoms with van der Waals surface area (Å²) in [5.41, 5.74) is 3.98. The lowest BCUT2D eigenvalue weighted by Gasteiger charge is -2.12. The van der Waals surface area contributed by atoms with Gasteiger partial charge in [0.05, 0.1) is 18.5 Å². The van der Waals surface area contributed by atoms with E-state index in [-0.39, 0.29) is 5.91 Å². The third kappa shape index (κ3) is 4.45. The lowest BCUT2D eigenvalue weighted by atomic mass is 10.1. The average Bonchev–Trinajstić information content (AvgIpc) is 3.18. The summed E-state index contributed by atoms with van der Waals surface area (Å²) in [5.74, 6) is 1.08. The van der Waals surface area contributed by atoms with E-state index in [2.05, 4.69) is 10.3 Å². The van der Waals surface area contributed by atoms with Crippen molar-refractivity contribution < 1.29 is 9.53 Å². The SMILES string of the molecule is COc1cc(Cl)c(C)cc1NC(=O)c1ccc(SCc2cn3ccccc3n2)cc1. The van der Waals surface area contributed by atoms with Crippen molar-refractivity contribution in [1.82, 2.24) is 9.38 Å². The van der Waals surface area contributed by atoms with Crippen molar-refractivity contribution in [2.45, 2.75) is 17.6 Å². The predicted octanol–water partition coefficient (Wildman–Crippen LogP) is 5.85. The van der Waals surface area contributed by atoms with Crippen LogP contribution < -0.4 is 10.1 Å². The monoisotopic (exact) mass is 437 g/mol. The minimum absolute atomic E-state index is 0.202. The first-order valence-corrected chi connectivity index (χ1v) is 10.7. The summed E-state index contributed by atoms with van der Waals surface area (Å²) in [6.45, 7) is 1.88. The van der Waals surface area contributed by atoms with Gasteiger partial charge in [0.1, 0.15) is 11.4 Å². The Morgan fingerprint density at radius 2 is 2.00 bits per heavy atom. The van der Waals surface area contributed by atoms with Crippen molar-refractivity contribution in [1.29, 1.82) is 0 Å². The zero-order valence-corrected chi connectivity index (χ0v) is 18.1. The molecule has 0 aliphatic carbocycles. The van der Waals surface area contributed by atoms with Gasteiger partial charge in [0, 0.05) is 39.7 Å². The number of imidazole rings is 1. The van der Waals surface area contributed by atoms with Gasteiger partial charge in [-0.15, -0.1) is 11.8 Å². The van der Waals surface area contributed by atoms with Crippen molar-refractivity contribution in [3.63, 3.8) is 0 Å². The molecule has 5 nitrogen and oxygen atoms in total. The maximum absolute atomic E-state index is 12.6. The molecule has 4 rings (SSSR count). The second-order valence-electron chi connectivity index (χ2n) is 6.77. The molecule has 0 fully saturated rings. The molecule has 0 unspecified atom stereocenters. The first kappa shape index (κ1) is 20.3. The highest BCUT2D eigenvalue weighted by atomic mass is 35.5. The minimum atomic E-state index is -0.202. The van der Waals surface area contributed by atoms with Gasteiger partial charge in [-0.2, -0.15) is 0 Å². The molecule has 2 aromatic heterocycles. The van der Waals surface area contributed by atoms with Crippen LogP contribution in [0.25, 0.3) is 5.65 Å². The second-order valence-corrected chi connectivity index (χ2v) is 8.22. The van der Waals surface area contributed by atoms with E-state index in [1.54, 1.807) is 31.0 Å². The number of halogens is 1. The first-order chi connectivity index (χ1) is 14.5. The fourth-order valence-electron chi connectivity index (χ4n) is 3.04. The number of nitrogens with one attached hydrogen (secondary N) is 1. The molecule has 0 saturated carbocycles. The number of nitrogens with zero attached hydrogens (tertiary/aromatic N) is 2. The number of carbonyl (C=O) groups is 1. The number of carbonyl (C=O) groups excluding carboxylic acids is 1. The zero-order chi connectivity index (χ0) is 21.1. The highest BCUT2D eigenvalue weighted by Crippen LogP contribution is 2.31. The van der Waals surface area contributed by atoms with Gasteiger partial charge in [0.15, 0.2) is 0 Å². The molecule has 1 amide bonds. The van der Waals surface area contributed by atoms with Crippen molar-refractivity contribution in [2.24, 2.45) is 0 Å². The summed E-state index contributed by atoms with van der Waals surface area (Å²) < 4.78 is 7.33. The van der Waals surface area contributed by atoms with Gasteiger partial charge in [-0.05, 0) is 55.0 Å². The zero-order valence-electron chi connectivity index (χ0n) is 16.6. The van der Waals surface area contributed by atoms with E-state index in [4.69, 9.17) is 16.3 Å². The number of hydrogen-bond acceptors (Lipinski definition) is 4. The van der Waals surface area contributed by atoms with Crippen molar-refractivity contribution >= 4 is 40.6 Å². The van der Waals surface area contributed by atoms with Gasteiger partial charge in [-0.3, -0.25) is 4.79 Å². The van der Waals surface area contributed by atoms with Gasteiger partial charge in [0.25, 0.3) is 5.91 Å². The molecule has 1 N–H and O–H groups in total. The number of methoxy groups -OCH3 is 1. The van der Waals surface area contributed by atoms with Crippen LogP contribution in [-0.2, 0) is 5.75 Å². The van der Waals surface area contributed by atoms with Gasteiger partial charge >= 0.3 is 0 Å². The van der Waals surface area contributed by atoms with Crippen LogP contribution in [0.5, 0.6) is 5.75 Å². The quantitative estimate of drug-likeness (QED) is 0.384.